The van der Waals surface area contributed by atoms with Crippen LogP contribution in [0.4, 0.5) is 0 Å². The Morgan fingerprint density at radius 2 is 2.06 bits per heavy atom. The summed E-state index contributed by atoms with van der Waals surface area (Å²) in [7, 11) is 2.05. The molecule has 0 bridgehead atoms. The summed E-state index contributed by atoms with van der Waals surface area (Å²) in [5, 5.41) is 1.26. The first-order chi connectivity index (χ1) is 7.59. The smallest absolute Gasteiger partial charge is 0.130 e. The lowest BCUT2D eigenvalue weighted by atomic mass is 9.96. The van der Waals surface area contributed by atoms with Crippen molar-refractivity contribution in [3.8, 4) is 0 Å². The van der Waals surface area contributed by atoms with Crippen LogP contribution in [0.15, 0.2) is 30.5 Å². The normalized spacial score (nSPS) is 12.9. The zero-order valence-electron chi connectivity index (χ0n) is 10.0. The molecule has 2 nitrogen and oxygen atoms in total. The number of ketones is 1. The zero-order chi connectivity index (χ0) is 11.7. The van der Waals surface area contributed by atoms with Crippen molar-refractivity contribution in [1.29, 1.82) is 0 Å². The minimum Gasteiger partial charge on any atom is -0.350 e. The fourth-order valence-electron chi connectivity index (χ4n) is 2.31. The van der Waals surface area contributed by atoms with E-state index in [2.05, 4.69) is 29.8 Å². The molecule has 1 aromatic heterocycles. The Morgan fingerprint density at radius 1 is 1.38 bits per heavy atom. The molecule has 0 aliphatic heterocycles. The van der Waals surface area contributed by atoms with Crippen LogP contribution in [0.1, 0.15) is 31.7 Å². The van der Waals surface area contributed by atoms with Crippen LogP contribution in [0.25, 0.3) is 10.9 Å². The summed E-state index contributed by atoms with van der Waals surface area (Å²) in [5.74, 6) is 0.545. The van der Waals surface area contributed by atoms with Crippen LogP contribution < -0.4 is 0 Å². The molecule has 84 valence electrons. The third-order valence-corrected chi connectivity index (χ3v) is 3.05. The third kappa shape index (κ3) is 1.87. The Labute approximate surface area is 95.9 Å². The molecule has 0 radical (unpaired) electrons. The van der Waals surface area contributed by atoms with E-state index in [0.717, 1.165) is 0 Å². The summed E-state index contributed by atoms with van der Waals surface area (Å²) < 4.78 is 2.13. The van der Waals surface area contributed by atoms with E-state index in [0.29, 0.717) is 12.3 Å². The van der Waals surface area contributed by atoms with Crippen LogP contribution >= 0.6 is 0 Å². The van der Waals surface area contributed by atoms with E-state index in [4.69, 9.17) is 0 Å². The second-order valence-corrected chi connectivity index (χ2v) is 4.52. The summed E-state index contributed by atoms with van der Waals surface area (Å²) >= 11 is 0. The lowest BCUT2D eigenvalue weighted by Gasteiger charge is -2.07. The van der Waals surface area contributed by atoms with Gasteiger partial charge in [-0.2, -0.15) is 0 Å². The first-order valence-electron chi connectivity index (χ1n) is 5.63. The molecular weight excluding hydrogens is 198 g/mol. The number of rotatable bonds is 3. The molecule has 2 heteroatoms. The molecule has 0 aliphatic rings. The predicted octanol–water partition coefficient (Wildman–Crippen LogP) is 3.26. The number of benzene rings is 1. The average molecular weight is 215 g/mol. The van der Waals surface area contributed by atoms with Crippen molar-refractivity contribution in [2.45, 2.75) is 26.2 Å². The number of hydrogen-bond donors (Lipinski definition) is 0. The number of fused-ring (bicyclic) bond motifs is 1. The number of carbonyl (C=O) groups is 1. The molecule has 0 N–H and O–H groups in total. The van der Waals surface area contributed by atoms with E-state index in [1.54, 1.807) is 6.92 Å². The van der Waals surface area contributed by atoms with Crippen LogP contribution in [-0.2, 0) is 11.8 Å². The van der Waals surface area contributed by atoms with E-state index in [1.165, 1.54) is 16.5 Å². The molecule has 1 unspecified atom stereocenters. The molecule has 0 saturated carbocycles. The fourth-order valence-corrected chi connectivity index (χ4v) is 2.31. The maximum absolute atomic E-state index is 11.2. The van der Waals surface area contributed by atoms with E-state index in [9.17, 15) is 4.79 Å². The van der Waals surface area contributed by atoms with Crippen LogP contribution in [0, 0.1) is 0 Å². The van der Waals surface area contributed by atoms with Crippen LogP contribution in [0.3, 0.4) is 0 Å². The van der Waals surface area contributed by atoms with Crippen LogP contribution in [-0.4, -0.2) is 10.4 Å². The molecule has 0 aliphatic carbocycles. The molecule has 16 heavy (non-hydrogen) atoms. The lowest BCUT2D eigenvalue weighted by Crippen LogP contribution is -1.99. The first-order valence-corrected chi connectivity index (χ1v) is 5.63. The molecular formula is C14H17NO. The van der Waals surface area contributed by atoms with Crippen molar-refractivity contribution >= 4 is 16.7 Å². The summed E-state index contributed by atoms with van der Waals surface area (Å²) in [6.45, 7) is 3.77. The monoisotopic (exact) mass is 215 g/mol. The SMILES string of the molecule is CC(=O)CC(C)c1cn(C)c2ccccc12. The van der Waals surface area contributed by atoms with Crippen molar-refractivity contribution < 1.29 is 4.79 Å². The molecule has 2 rings (SSSR count). The van der Waals surface area contributed by atoms with Crippen molar-refractivity contribution in [2.24, 2.45) is 7.05 Å². The first kappa shape index (κ1) is 10.9. The molecule has 0 amide bonds. The van der Waals surface area contributed by atoms with Gasteiger partial charge in [0.25, 0.3) is 0 Å². The molecule has 2 aromatic rings. The molecule has 1 atom stereocenters. The molecule has 1 aromatic carbocycles. The Kier molecular flexibility index (Phi) is 2.82. The maximum atomic E-state index is 11.2. The van der Waals surface area contributed by atoms with Gasteiger partial charge in [0.15, 0.2) is 0 Å². The minimum atomic E-state index is 0.250. The number of nitrogens with zero attached hydrogens (tertiary/aromatic N) is 1. The van der Waals surface area contributed by atoms with Gasteiger partial charge in [-0.05, 0) is 24.5 Å². The van der Waals surface area contributed by atoms with E-state index < -0.39 is 0 Å². The molecule has 0 spiro atoms. The van der Waals surface area contributed by atoms with Gasteiger partial charge < -0.3 is 9.36 Å². The Balaban J connectivity index is 2.48. The fraction of sp³-hybridized carbons (Fsp3) is 0.357. The number of Topliss-reactive ketones (excluding diaryl/α,β-unsaturated/α-hetero) is 1. The highest BCUT2D eigenvalue weighted by atomic mass is 16.1. The Bertz CT molecular complexity index is 525. The highest BCUT2D eigenvalue weighted by Gasteiger charge is 2.13. The van der Waals surface area contributed by atoms with E-state index in [-0.39, 0.29) is 5.78 Å². The van der Waals surface area contributed by atoms with Gasteiger partial charge in [0.2, 0.25) is 0 Å². The second-order valence-electron chi connectivity index (χ2n) is 4.52. The van der Waals surface area contributed by atoms with Crippen molar-refractivity contribution in [2.75, 3.05) is 0 Å². The van der Waals surface area contributed by atoms with Gasteiger partial charge in [0.1, 0.15) is 5.78 Å². The number of hydrogen-bond acceptors (Lipinski definition) is 1. The number of aromatic nitrogens is 1. The Hall–Kier alpha value is -1.57. The van der Waals surface area contributed by atoms with Crippen molar-refractivity contribution in [3.05, 3.63) is 36.0 Å². The minimum absolute atomic E-state index is 0.250. The standard InChI is InChI=1S/C14H17NO/c1-10(8-11(2)16)13-9-15(3)14-7-5-4-6-12(13)14/h4-7,9-10H,8H2,1-3H3. The van der Waals surface area contributed by atoms with Crippen molar-refractivity contribution in [3.63, 3.8) is 0 Å². The highest BCUT2D eigenvalue weighted by Crippen LogP contribution is 2.28. The van der Waals surface area contributed by atoms with Gasteiger partial charge in [-0.1, -0.05) is 25.1 Å². The highest BCUT2D eigenvalue weighted by molar-refractivity contribution is 5.85. The third-order valence-electron chi connectivity index (χ3n) is 3.05. The van der Waals surface area contributed by atoms with Gasteiger partial charge in [-0.15, -0.1) is 0 Å². The summed E-state index contributed by atoms with van der Waals surface area (Å²) in [6.07, 6.45) is 2.76. The second kappa shape index (κ2) is 4.12. The average Bonchev–Trinajstić information content (AvgIpc) is 2.56. The summed E-state index contributed by atoms with van der Waals surface area (Å²) in [6, 6.07) is 8.33. The topological polar surface area (TPSA) is 22.0 Å². The summed E-state index contributed by atoms with van der Waals surface area (Å²) in [4.78, 5) is 11.2. The lowest BCUT2D eigenvalue weighted by molar-refractivity contribution is -0.117. The van der Waals surface area contributed by atoms with Crippen molar-refractivity contribution in [1.82, 2.24) is 4.57 Å². The molecule has 0 fully saturated rings. The Morgan fingerprint density at radius 3 is 2.75 bits per heavy atom. The van der Waals surface area contributed by atoms with Gasteiger partial charge in [0, 0.05) is 30.6 Å². The largest absolute Gasteiger partial charge is 0.350 e. The zero-order valence-corrected chi connectivity index (χ0v) is 10.0. The number of carbonyl (C=O) groups excluding carboxylic acids is 1. The van der Waals surface area contributed by atoms with Crippen LogP contribution in [0.2, 0.25) is 0 Å². The van der Waals surface area contributed by atoms with Gasteiger partial charge in [0.05, 0.1) is 0 Å². The molecule has 0 saturated heterocycles. The van der Waals surface area contributed by atoms with E-state index >= 15 is 0 Å². The summed E-state index contributed by atoms with van der Waals surface area (Å²) in [5.41, 5.74) is 2.50. The maximum Gasteiger partial charge on any atom is 0.130 e. The predicted molar refractivity (Wildman–Crippen MR) is 66.6 cm³/mol. The van der Waals surface area contributed by atoms with Gasteiger partial charge in [-0.25, -0.2) is 0 Å². The van der Waals surface area contributed by atoms with E-state index in [1.807, 2.05) is 19.2 Å². The van der Waals surface area contributed by atoms with Crippen LogP contribution in [0.5, 0.6) is 0 Å². The molecule has 1 heterocycles. The van der Waals surface area contributed by atoms with Gasteiger partial charge >= 0.3 is 0 Å². The quantitative estimate of drug-likeness (QED) is 0.770. The van der Waals surface area contributed by atoms with Gasteiger partial charge in [-0.3, -0.25) is 0 Å². The number of para-hydroxylation sites is 1. The number of aryl methyl sites for hydroxylation is 1.